The fraction of sp³-hybridized carbons (Fsp3) is 0.500. The van der Waals surface area contributed by atoms with Crippen molar-refractivity contribution >= 4 is 6.41 Å². The minimum Gasteiger partial charge on any atom is -0.372 e. The van der Waals surface area contributed by atoms with Gasteiger partial charge in [-0.1, -0.05) is 29.8 Å². The van der Waals surface area contributed by atoms with Gasteiger partial charge in [0, 0.05) is 6.54 Å². The van der Waals surface area contributed by atoms with E-state index in [-0.39, 0.29) is 6.41 Å². The molecule has 2 rings (SSSR count). The van der Waals surface area contributed by atoms with Crippen molar-refractivity contribution in [3.05, 3.63) is 35.4 Å². The normalized spacial score (nSPS) is 15.1. The standard InChI is InChI=1S/C13H19N.CH3NO/c1-12-4-6-13(7-5-12)8-11-14-9-2-3-10-14;2-1-3/h4-7H,2-3,8-11H2,1H3;1H,(H2,2,3). The molecule has 0 bridgehead atoms. The summed E-state index contributed by atoms with van der Waals surface area (Å²) in [7, 11) is 0. The lowest BCUT2D eigenvalue weighted by Gasteiger charge is -2.13. The van der Waals surface area contributed by atoms with Crippen LogP contribution in [-0.4, -0.2) is 30.9 Å². The molecule has 0 unspecified atom stereocenters. The van der Waals surface area contributed by atoms with Crippen LogP contribution in [0.4, 0.5) is 0 Å². The number of carbonyl (C=O) groups is 1. The number of nitrogens with two attached hydrogens (primary N) is 1. The van der Waals surface area contributed by atoms with Gasteiger partial charge in [0.05, 0.1) is 0 Å². The lowest BCUT2D eigenvalue weighted by Crippen LogP contribution is -2.21. The van der Waals surface area contributed by atoms with Gasteiger partial charge >= 0.3 is 0 Å². The van der Waals surface area contributed by atoms with Crippen LogP contribution in [0.5, 0.6) is 0 Å². The molecule has 3 heteroatoms. The van der Waals surface area contributed by atoms with Gasteiger partial charge in [0.1, 0.15) is 0 Å². The van der Waals surface area contributed by atoms with Crippen molar-refractivity contribution in [1.82, 2.24) is 4.90 Å². The Labute approximate surface area is 104 Å². The van der Waals surface area contributed by atoms with Crippen molar-refractivity contribution in [1.29, 1.82) is 0 Å². The van der Waals surface area contributed by atoms with E-state index in [4.69, 9.17) is 4.79 Å². The van der Waals surface area contributed by atoms with Crippen molar-refractivity contribution in [2.45, 2.75) is 26.2 Å². The number of amides is 1. The van der Waals surface area contributed by atoms with Crippen LogP contribution < -0.4 is 5.73 Å². The summed E-state index contributed by atoms with van der Waals surface area (Å²) < 4.78 is 0. The Balaban J connectivity index is 0.000000437. The molecule has 17 heavy (non-hydrogen) atoms. The van der Waals surface area contributed by atoms with E-state index in [0.29, 0.717) is 0 Å². The fourth-order valence-corrected chi connectivity index (χ4v) is 2.05. The Bertz CT molecular complexity index is 315. The number of hydrogen-bond acceptors (Lipinski definition) is 2. The van der Waals surface area contributed by atoms with Crippen LogP contribution in [0.3, 0.4) is 0 Å². The maximum Gasteiger partial charge on any atom is 0.204 e. The molecule has 1 fully saturated rings. The minimum absolute atomic E-state index is 0.250. The van der Waals surface area contributed by atoms with E-state index >= 15 is 0 Å². The molecule has 2 N–H and O–H groups in total. The summed E-state index contributed by atoms with van der Waals surface area (Å²) in [5.41, 5.74) is 7.00. The molecule has 0 radical (unpaired) electrons. The molecule has 1 aromatic carbocycles. The number of rotatable bonds is 3. The van der Waals surface area contributed by atoms with E-state index in [1.165, 1.54) is 50.0 Å². The second kappa shape index (κ2) is 7.85. The first kappa shape index (κ1) is 13.7. The molecule has 0 atom stereocenters. The van der Waals surface area contributed by atoms with Crippen LogP contribution >= 0.6 is 0 Å². The molecule has 1 aromatic rings. The molecular formula is C14H22N2O. The second-order valence-corrected chi connectivity index (χ2v) is 4.42. The third kappa shape index (κ3) is 5.50. The van der Waals surface area contributed by atoms with Gasteiger partial charge in [-0.05, 0) is 44.8 Å². The van der Waals surface area contributed by atoms with Gasteiger partial charge in [0.2, 0.25) is 6.41 Å². The maximum atomic E-state index is 8.58. The van der Waals surface area contributed by atoms with E-state index < -0.39 is 0 Å². The molecule has 1 heterocycles. The lowest BCUT2D eigenvalue weighted by molar-refractivity contribution is -0.106. The molecule has 1 aliphatic rings. The number of nitrogens with zero attached hydrogens (tertiary/aromatic N) is 1. The number of carbonyl (C=O) groups excluding carboxylic acids is 1. The number of hydrogen-bond donors (Lipinski definition) is 1. The van der Waals surface area contributed by atoms with Crippen LogP contribution in [0.2, 0.25) is 0 Å². The second-order valence-electron chi connectivity index (χ2n) is 4.42. The first-order chi connectivity index (χ1) is 8.26. The first-order valence-corrected chi connectivity index (χ1v) is 6.19. The number of aryl methyl sites for hydroxylation is 1. The molecule has 94 valence electrons. The molecule has 1 aliphatic heterocycles. The number of primary amides is 1. The van der Waals surface area contributed by atoms with Gasteiger partial charge in [0.25, 0.3) is 0 Å². The molecule has 0 aliphatic carbocycles. The zero-order chi connectivity index (χ0) is 12.5. The number of likely N-dealkylation sites (tertiary alicyclic amines) is 1. The smallest absolute Gasteiger partial charge is 0.204 e. The van der Waals surface area contributed by atoms with E-state index in [1.54, 1.807) is 0 Å². The topological polar surface area (TPSA) is 46.3 Å². The van der Waals surface area contributed by atoms with Crippen LogP contribution in [0, 0.1) is 6.92 Å². The largest absolute Gasteiger partial charge is 0.372 e. The van der Waals surface area contributed by atoms with Crippen LogP contribution in [0.15, 0.2) is 24.3 Å². The lowest BCUT2D eigenvalue weighted by atomic mass is 10.1. The minimum atomic E-state index is 0.250. The van der Waals surface area contributed by atoms with Crippen molar-refractivity contribution in [2.75, 3.05) is 19.6 Å². The Hall–Kier alpha value is -1.35. The van der Waals surface area contributed by atoms with E-state index in [9.17, 15) is 0 Å². The average Bonchev–Trinajstić information content (AvgIpc) is 2.82. The number of benzene rings is 1. The molecule has 0 spiro atoms. The monoisotopic (exact) mass is 234 g/mol. The van der Waals surface area contributed by atoms with Crippen molar-refractivity contribution in [3.63, 3.8) is 0 Å². The predicted octanol–water partition coefficient (Wildman–Crippen LogP) is 1.73. The third-order valence-electron chi connectivity index (χ3n) is 3.04. The molecule has 0 saturated carbocycles. The summed E-state index contributed by atoms with van der Waals surface area (Å²) in [5.74, 6) is 0. The SMILES string of the molecule is Cc1ccc(CCN2CCCC2)cc1.NC=O. The van der Waals surface area contributed by atoms with Crippen molar-refractivity contribution in [3.8, 4) is 0 Å². The van der Waals surface area contributed by atoms with Gasteiger partial charge in [0.15, 0.2) is 0 Å². The maximum absolute atomic E-state index is 8.58. The Morgan fingerprint density at radius 3 is 2.29 bits per heavy atom. The summed E-state index contributed by atoms with van der Waals surface area (Å²) in [6, 6.07) is 8.93. The summed E-state index contributed by atoms with van der Waals surface area (Å²) >= 11 is 0. The molecular weight excluding hydrogens is 212 g/mol. The van der Waals surface area contributed by atoms with Gasteiger partial charge in [-0.15, -0.1) is 0 Å². The fourth-order valence-electron chi connectivity index (χ4n) is 2.05. The first-order valence-electron chi connectivity index (χ1n) is 6.19. The Morgan fingerprint density at radius 1 is 1.24 bits per heavy atom. The molecule has 0 aromatic heterocycles. The predicted molar refractivity (Wildman–Crippen MR) is 70.8 cm³/mol. The highest BCUT2D eigenvalue weighted by Crippen LogP contribution is 2.09. The van der Waals surface area contributed by atoms with Gasteiger partial charge < -0.3 is 10.6 Å². The molecule has 1 saturated heterocycles. The van der Waals surface area contributed by atoms with Crippen LogP contribution in [0.25, 0.3) is 0 Å². The van der Waals surface area contributed by atoms with Gasteiger partial charge in [-0.25, -0.2) is 0 Å². The summed E-state index contributed by atoms with van der Waals surface area (Å²) in [5, 5.41) is 0. The summed E-state index contributed by atoms with van der Waals surface area (Å²) in [6.45, 7) is 6.00. The van der Waals surface area contributed by atoms with E-state index in [2.05, 4.69) is 41.8 Å². The molecule has 3 nitrogen and oxygen atoms in total. The summed E-state index contributed by atoms with van der Waals surface area (Å²) in [6.07, 6.45) is 4.25. The van der Waals surface area contributed by atoms with Gasteiger partial charge in [-0.3, -0.25) is 4.79 Å². The quantitative estimate of drug-likeness (QED) is 0.810. The Morgan fingerprint density at radius 2 is 1.76 bits per heavy atom. The van der Waals surface area contributed by atoms with Crippen LogP contribution in [-0.2, 0) is 11.2 Å². The highest BCUT2D eigenvalue weighted by atomic mass is 16.1. The third-order valence-corrected chi connectivity index (χ3v) is 3.04. The zero-order valence-electron chi connectivity index (χ0n) is 10.6. The average molecular weight is 234 g/mol. The zero-order valence-corrected chi connectivity index (χ0v) is 10.6. The van der Waals surface area contributed by atoms with Crippen LogP contribution in [0.1, 0.15) is 24.0 Å². The highest BCUT2D eigenvalue weighted by Gasteiger charge is 2.10. The van der Waals surface area contributed by atoms with Crippen molar-refractivity contribution in [2.24, 2.45) is 5.73 Å². The van der Waals surface area contributed by atoms with Crippen molar-refractivity contribution < 1.29 is 4.79 Å². The van der Waals surface area contributed by atoms with E-state index in [1.807, 2.05) is 0 Å². The van der Waals surface area contributed by atoms with Gasteiger partial charge in [-0.2, -0.15) is 0 Å². The molecule has 1 amide bonds. The highest BCUT2D eigenvalue weighted by molar-refractivity contribution is 5.42. The van der Waals surface area contributed by atoms with E-state index in [0.717, 1.165) is 0 Å². The Kier molecular flexibility index (Phi) is 6.33. The summed E-state index contributed by atoms with van der Waals surface area (Å²) in [4.78, 5) is 11.2.